The first-order valence-electron chi connectivity index (χ1n) is 9.75. The average Bonchev–Trinajstić information content (AvgIpc) is 3.24. The maximum Gasteiger partial charge on any atom is 0.237 e. The minimum atomic E-state index is -0.394. The lowest BCUT2D eigenvalue weighted by atomic mass is 10.2. The number of ether oxygens (including phenoxy) is 1. The topological polar surface area (TPSA) is 81.9 Å². The van der Waals surface area contributed by atoms with Gasteiger partial charge in [-0.3, -0.25) is 4.79 Å². The van der Waals surface area contributed by atoms with E-state index in [4.69, 9.17) is 4.74 Å². The van der Waals surface area contributed by atoms with Crippen molar-refractivity contribution in [1.29, 1.82) is 0 Å². The zero-order chi connectivity index (χ0) is 21.6. The average molecular weight is 432 g/mol. The van der Waals surface area contributed by atoms with Crippen molar-refractivity contribution in [2.75, 3.05) is 5.32 Å². The van der Waals surface area contributed by atoms with E-state index in [1.54, 1.807) is 4.68 Å². The number of rotatable bonds is 7. The molecule has 0 saturated heterocycles. The van der Waals surface area contributed by atoms with E-state index in [-0.39, 0.29) is 5.91 Å². The van der Waals surface area contributed by atoms with Gasteiger partial charge < -0.3 is 10.1 Å². The molecular formula is C23H21N5O2S. The summed E-state index contributed by atoms with van der Waals surface area (Å²) in [4.78, 5) is 12.7. The first-order chi connectivity index (χ1) is 15.1. The van der Waals surface area contributed by atoms with Crippen LogP contribution in [-0.2, 0) is 4.79 Å². The predicted molar refractivity (Wildman–Crippen MR) is 121 cm³/mol. The van der Waals surface area contributed by atoms with Crippen LogP contribution in [0.5, 0.6) is 11.5 Å². The Labute approximate surface area is 184 Å². The maximum atomic E-state index is 12.7. The molecule has 0 radical (unpaired) electrons. The van der Waals surface area contributed by atoms with Crippen molar-refractivity contribution in [2.24, 2.45) is 0 Å². The van der Waals surface area contributed by atoms with Gasteiger partial charge in [0.25, 0.3) is 0 Å². The maximum absolute atomic E-state index is 12.7. The molecule has 8 heteroatoms. The highest BCUT2D eigenvalue weighted by Gasteiger charge is 2.20. The molecule has 1 N–H and O–H groups in total. The standard InChI is InChI=1S/C23H21N5O2S/c1-16-8-6-7-11-21(16)28-23(25-26-27-28)31-17(2)22(29)24-18-12-14-20(15-13-18)30-19-9-4-3-5-10-19/h3-15,17H,1-2H3,(H,24,29)/t17-/m0/s1. The SMILES string of the molecule is Cc1ccccc1-n1nnnc1S[C@@H](C)C(=O)Nc1ccc(Oc2ccccc2)cc1. The number of anilines is 1. The molecule has 0 bridgehead atoms. The van der Waals surface area contributed by atoms with Crippen LogP contribution in [0.2, 0.25) is 0 Å². The molecule has 0 fully saturated rings. The van der Waals surface area contributed by atoms with Crippen molar-refractivity contribution in [3.05, 3.63) is 84.4 Å². The molecule has 1 aromatic heterocycles. The first-order valence-corrected chi connectivity index (χ1v) is 10.6. The number of nitrogens with one attached hydrogen (secondary N) is 1. The van der Waals surface area contributed by atoms with Crippen LogP contribution in [0, 0.1) is 6.92 Å². The lowest BCUT2D eigenvalue weighted by Gasteiger charge is -2.13. The van der Waals surface area contributed by atoms with Crippen molar-refractivity contribution in [1.82, 2.24) is 20.2 Å². The Hall–Kier alpha value is -3.65. The van der Waals surface area contributed by atoms with Crippen LogP contribution in [0.1, 0.15) is 12.5 Å². The Balaban J connectivity index is 1.38. The second-order valence-corrected chi connectivity index (χ2v) is 8.16. The third-order valence-electron chi connectivity index (χ3n) is 4.54. The summed E-state index contributed by atoms with van der Waals surface area (Å²) in [7, 11) is 0. The fourth-order valence-electron chi connectivity index (χ4n) is 2.89. The molecule has 0 saturated carbocycles. The summed E-state index contributed by atoms with van der Waals surface area (Å²) in [6, 6.07) is 24.6. The monoisotopic (exact) mass is 431 g/mol. The van der Waals surface area contributed by atoms with Gasteiger partial charge in [0.2, 0.25) is 11.1 Å². The highest BCUT2D eigenvalue weighted by atomic mass is 32.2. The van der Waals surface area contributed by atoms with Crippen LogP contribution in [0.3, 0.4) is 0 Å². The zero-order valence-electron chi connectivity index (χ0n) is 17.1. The molecule has 0 spiro atoms. The van der Waals surface area contributed by atoms with Crippen molar-refractivity contribution in [3.63, 3.8) is 0 Å². The number of hydrogen-bond acceptors (Lipinski definition) is 6. The Morgan fingerprint density at radius 1 is 0.968 bits per heavy atom. The number of aryl methyl sites for hydroxylation is 1. The second kappa shape index (κ2) is 9.44. The van der Waals surface area contributed by atoms with Crippen molar-refractivity contribution < 1.29 is 9.53 Å². The Morgan fingerprint density at radius 3 is 2.39 bits per heavy atom. The lowest BCUT2D eigenvalue weighted by Crippen LogP contribution is -2.22. The summed E-state index contributed by atoms with van der Waals surface area (Å²) in [6.45, 7) is 3.82. The number of carbonyl (C=O) groups excluding carboxylic acids is 1. The summed E-state index contributed by atoms with van der Waals surface area (Å²) < 4.78 is 7.43. The van der Waals surface area contributed by atoms with Crippen LogP contribution in [0.25, 0.3) is 5.69 Å². The molecule has 1 amide bonds. The van der Waals surface area contributed by atoms with Crippen LogP contribution in [0.4, 0.5) is 5.69 Å². The van der Waals surface area contributed by atoms with Crippen LogP contribution in [0.15, 0.2) is 84.0 Å². The molecule has 3 aromatic carbocycles. The van der Waals surface area contributed by atoms with Gasteiger partial charge in [0.1, 0.15) is 11.5 Å². The molecule has 1 atom stereocenters. The van der Waals surface area contributed by atoms with E-state index in [0.717, 1.165) is 17.0 Å². The number of amides is 1. The molecule has 4 rings (SSSR count). The molecule has 7 nitrogen and oxygen atoms in total. The predicted octanol–water partition coefficient (Wildman–Crippen LogP) is 4.88. The summed E-state index contributed by atoms with van der Waals surface area (Å²) in [5, 5.41) is 15.0. The van der Waals surface area contributed by atoms with Gasteiger partial charge in [-0.1, -0.05) is 48.2 Å². The highest BCUT2D eigenvalue weighted by molar-refractivity contribution is 8.00. The summed E-state index contributed by atoms with van der Waals surface area (Å²) in [5.41, 5.74) is 2.62. The van der Waals surface area contributed by atoms with Crippen molar-refractivity contribution in [3.8, 4) is 17.2 Å². The van der Waals surface area contributed by atoms with Crippen LogP contribution >= 0.6 is 11.8 Å². The molecule has 0 unspecified atom stereocenters. The molecular weight excluding hydrogens is 410 g/mol. The van der Waals surface area contributed by atoms with E-state index >= 15 is 0 Å². The van der Waals surface area contributed by atoms with E-state index < -0.39 is 5.25 Å². The van der Waals surface area contributed by atoms with Gasteiger partial charge in [-0.15, -0.1) is 5.10 Å². The van der Waals surface area contributed by atoms with Crippen LogP contribution in [-0.4, -0.2) is 31.4 Å². The lowest BCUT2D eigenvalue weighted by molar-refractivity contribution is -0.115. The zero-order valence-corrected chi connectivity index (χ0v) is 17.9. The Bertz CT molecular complexity index is 1160. The molecule has 0 aliphatic rings. The van der Waals surface area contributed by atoms with Gasteiger partial charge in [-0.05, 0) is 72.3 Å². The van der Waals surface area contributed by atoms with Crippen molar-refractivity contribution in [2.45, 2.75) is 24.3 Å². The molecule has 156 valence electrons. The van der Waals surface area contributed by atoms with E-state index in [0.29, 0.717) is 16.6 Å². The third kappa shape index (κ3) is 5.10. The Kier molecular flexibility index (Phi) is 6.28. The minimum absolute atomic E-state index is 0.138. The quantitative estimate of drug-likeness (QED) is 0.420. The highest BCUT2D eigenvalue weighted by Crippen LogP contribution is 2.26. The van der Waals surface area contributed by atoms with E-state index in [1.165, 1.54) is 11.8 Å². The van der Waals surface area contributed by atoms with Gasteiger partial charge in [0.05, 0.1) is 10.9 Å². The minimum Gasteiger partial charge on any atom is -0.457 e. The summed E-state index contributed by atoms with van der Waals surface area (Å²) in [5.74, 6) is 1.32. The second-order valence-electron chi connectivity index (χ2n) is 6.85. The van der Waals surface area contributed by atoms with Gasteiger partial charge in [-0.25, -0.2) is 0 Å². The number of hydrogen-bond donors (Lipinski definition) is 1. The molecule has 0 aliphatic heterocycles. The van der Waals surface area contributed by atoms with E-state index in [9.17, 15) is 4.79 Å². The third-order valence-corrected chi connectivity index (χ3v) is 5.57. The molecule has 4 aromatic rings. The first kappa shape index (κ1) is 20.6. The molecule has 31 heavy (non-hydrogen) atoms. The molecule has 0 aliphatic carbocycles. The van der Waals surface area contributed by atoms with Crippen molar-refractivity contribution >= 4 is 23.4 Å². The number of thioether (sulfide) groups is 1. The van der Waals surface area contributed by atoms with Gasteiger partial charge in [0.15, 0.2) is 0 Å². The fraction of sp³-hybridized carbons (Fsp3) is 0.130. The number of nitrogens with zero attached hydrogens (tertiary/aromatic N) is 4. The molecule has 1 heterocycles. The largest absolute Gasteiger partial charge is 0.457 e. The van der Waals surface area contributed by atoms with Gasteiger partial charge in [-0.2, -0.15) is 4.68 Å². The summed E-state index contributed by atoms with van der Waals surface area (Å²) in [6.07, 6.45) is 0. The number of carbonyl (C=O) groups is 1. The van der Waals surface area contributed by atoms with E-state index in [1.807, 2.05) is 92.7 Å². The van der Waals surface area contributed by atoms with E-state index in [2.05, 4.69) is 20.8 Å². The Morgan fingerprint density at radius 2 is 1.65 bits per heavy atom. The van der Waals surface area contributed by atoms with Gasteiger partial charge in [0, 0.05) is 5.69 Å². The fourth-order valence-corrected chi connectivity index (χ4v) is 3.69. The summed E-state index contributed by atoms with van der Waals surface area (Å²) >= 11 is 1.30. The van der Waals surface area contributed by atoms with Crippen LogP contribution < -0.4 is 10.1 Å². The normalized spacial score (nSPS) is 11.7. The number of para-hydroxylation sites is 2. The number of aromatic nitrogens is 4. The number of tetrazole rings is 1. The van der Waals surface area contributed by atoms with Gasteiger partial charge >= 0.3 is 0 Å². The number of benzene rings is 3. The smallest absolute Gasteiger partial charge is 0.237 e.